The average molecular weight is 283 g/mol. The van der Waals surface area contributed by atoms with E-state index in [2.05, 4.69) is 42.0 Å². The standard InChI is InChI=1S/C17H21N3O/c1-12-3-2-4-16(9-12)21-11-15-10-17(20-19-15)13-5-7-14(18)8-6-13/h2-9,15,17,19-20H,10-11,18H2,1H3. The molecule has 4 nitrogen and oxygen atoms in total. The topological polar surface area (TPSA) is 59.3 Å². The molecular weight excluding hydrogens is 262 g/mol. The zero-order valence-corrected chi connectivity index (χ0v) is 12.2. The lowest BCUT2D eigenvalue weighted by Gasteiger charge is -2.12. The summed E-state index contributed by atoms with van der Waals surface area (Å²) in [5.41, 5.74) is 15.6. The molecule has 2 unspecified atom stereocenters. The maximum absolute atomic E-state index is 5.85. The molecule has 3 rings (SSSR count). The number of aryl methyl sites for hydroxylation is 1. The number of hydrogen-bond donors (Lipinski definition) is 3. The second-order valence-electron chi connectivity index (χ2n) is 5.57. The molecule has 1 heterocycles. The Morgan fingerprint density at radius 3 is 2.71 bits per heavy atom. The first-order valence-electron chi connectivity index (χ1n) is 7.26. The Kier molecular flexibility index (Phi) is 4.08. The molecule has 0 saturated carbocycles. The number of rotatable bonds is 4. The van der Waals surface area contributed by atoms with Gasteiger partial charge in [0.15, 0.2) is 0 Å². The Morgan fingerprint density at radius 1 is 1.14 bits per heavy atom. The smallest absolute Gasteiger partial charge is 0.119 e. The summed E-state index contributed by atoms with van der Waals surface area (Å²) in [4.78, 5) is 0. The third kappa shape index (κ3) is 3.54. The zero-order chi connectivity index (χ0) is 14.7. The maximum atomic E-state index is 5.85. The van der Waals surface area contributed by atoms with Gasteiger partial charge in [0.05, 0.1) is 6.04 Å². The van der Waals surface area contributed by atoms with E-state index in [1.807, 2.05) is 24.3 Å². The first-order chi connectivity index (χ1) is 10.2. The zero-order valence-electron chi connectivity index (χ0n) is 12.2. The van der Waals surface area contributed by atoms with Gasteiger partial charge in [-0.15, -0.1) is 0 Å². The van der Waals surface area contributed by atoms with Crippen LogP contribution in [0.25, 0.3) is 0 Å². The van der Waals surface area contributed by atoms with Gasteiger partial charge in [-0.25, -0.2) is 5.43 Å². The van der Waals surface area contributed by atoms with Gasteiger partial charge in [0.25, 0.3) is 0 Å². The third-order valence-electron chi connectivity index (χ3n) is 3.76. The van der Waals surface area contributed by atoms with Gasteiger partial charge in [-0.05, 0) is 48.7 Å². The lowest BCUT2D eigenvalue weighted by atomic mass is 10.0. The first-order valence-corrected chi connectivity index (χ1v) is 7.26. The van der Waals surface area contributed by atoms with Crippen LogP contribution < -0.4 is 21.3 Å². The monoisotopic (exact) mass is 283 g/mol. The van der Waals surface area contributed by atoms with Gasteiger partial charge in [-0.1, -0.05) is 24.3 Å². The molecule has 2 aromatic rings. The number of nitrogens with two attached hydrogens (primary N) is 1. The van der Waals surface area contributed by atoms with Crippen LogP contribution >= 0.6 is 0 Å². The van der Waals surface area contributed by atoms with Crippen molar-refractivity contribution >= 4 is 5.69 Å². The molecule has 2 aromatic carbocycles. The number of anilines is 1. The molecule has 0 radical (unpaired) electrons. The highest BCUT2D eigenvalue weighted by molar-refractivity contribution is 5.40. The molecule has 21 heavy (non-hydrogen) atoms. The van der Waals surface area contributed by atoms with Crippen molar-refractivity contribution in [2.45, 2.75) is 25.4 Å². The minimum absolute atomic E-state index is 0.299. The Labute approximate surface area is 125 Å². The van der Waals surface area contributed by atoms with Gasteiger partial charge < -0.3 is 10.5 Å². The average Bonchev–Trinajstić information content (AvgIpc) is 2.95. The summed E-state index contributed by atoms with van der Waals surface area (Å²) in [6, 6.07) is 16.7. The summed E-state index contributed by atoms with van der Waals surface area (Å²) in [6.07, 6.45) is 0.996. The van der Waals surface area contributed by atoms with Crippen LogP contribution in [0.4, 0.5) is 5.69 Å². The number of nitrogen functional groups attached to an aromatic ring is 1. The van der Waals surface area contributed by atoms with Gasteiger partial charge in [-0.2, -0.15) is 0 Å². The predicted molar refractivity (Wildman–Crippen MR) is 84.9 cm³/mol. The Bertz CT molecular complexity index is 597. The van der Waals surface area contributed by atoms with E-state index in [-0.39, 0.29) is 0 Å². The maximum Gasteiger partial charge on any atom is 0.119 e. The predicted octanol–water partition coefficient (Wildman–Crippen LogP) is 2.56. The van der Waals surface area contributed by atoms with Crippen molar-refractivity contribution in [2.24, 2.45) is 0 Å². The summed E-state index contributed by atoms with van der Waals surface area (Å²) in [5.74, 6) is 0.924. The summed E-state index contributed by atoms with van der Waals surface area (Å²) in [7, 11) is 0. The molecule has 110 valence electrons. The van der Waals surface area contributed by atoms with Gasteiger partial charge in [-0.3, -0.25) is 5.43 Å². The van der Waals surface area contributed by atoms with E-state index in [0.717, 1.165) is 17.9 Å². The Morgan fingerprint density at radius 2 is 1.95 bits per heavy atom. The highest BCUT2D eigenvalue weighted by Gasteiger charge is 2.25. The Balaban J connectivity index is 1.54. The molecule has 0 aliphatic carbocycles. The van der Waals surface area contributed by atoms with E-state index in [1.54, 1.807) is 0 Å². The van der Waals surface area contributed by atoms with Crippen molar-refractivity contribution < 1.29 is 4.74 Å². The lowest BCUT2D eigenvalue weighted by Crippen LogP contribution is -2.34. The molecule has 4 N–H and O–H groups in total. The molecule has 0 bridgehead atoms. The van der Waals surface area contributed by atoms with Crippen LogP contribution in [0.15, 0.2) is 48.5 Å². The van der Waals surface area contributed by atoms with Gasteiger partial charge in [0.2, 0.25) is 0 Å². The third-order valence-corrected chi connectivity index (χ3v) is 3.76. The van der Waals surface area contributed by atoms with Crippen molar-refractivity contribution in [3.8, 4) is 5.75 Å². The quantitative estimate of drug-likeness (QED) is 0.755. The second kappa shape index (κ2) is 6.16. The van der Waals surface area contributed by atoms with E-state index in [9.17, 15) is 0 Å². The van der Waals surface area contributed by atoms with Gasteiger partial charge in [0, 0.05) is 11.7 Å². The fourth-order valence-electron chi connectivity index (χ4n) is 2.58. The summed E-state index contributed by atoms with van der Waals surface area (Å²) in [5, 5.41) is 0. The van der Waals surface area contributed by atoms with E-state index >= 15 is 0 Å². The fraction of sp³-hybridized carbons (Fsp3) is 0.294. The largest absolute Gasteiger partial charge is 0.492 e. The fourth-order valence-corrected chi connectivity index (χ4v) is 2.58. The molecule has 1 aliphatic rings. The van der Waals surface area contributed by atoms with E-state index in [0.29, 0.717) is 18.7 Å². The number of benzene rings is 2. The highest BCUT2D eigenvalue weighted by atomic mass is 16.5. The lowest BCUT2D eigenvalue weighted by molar-refractivity contribution is 0.272. The van der Waals surface area contributed by atoms with Crippen LogP contribution in [0, 0.1) is 6.92 Å². The highest BCUT2D eigenvalue weighted by Crippen LogP contribution is 2.23. The van der Waals surface area contributed by atoms with Crippen LogP contribution in [0.5, 0.6) is 5.75 Å². The minimum Gasteiger partial charge on any atom is -0.492 e. The summed E-state index contributed by atoms with van der Waals surface area (Å²) in [6.45, 7) is 2.72. The van der Waals surface area contributed by atoms with Gasteiger partial charge >= 0.3 is 0 Å². The number of ether oxygens (including phenoxy) is 1. The SMILES string of the molecule is Cc1cccc(OCC2CC(c3ccc(N)cc3)NN2)c1. The normalized spacial score (nSPS) is 21.4. The van der Waals surface area contributed by atoms with Crippen molar-refractivity contribution in [1.29, 1.82) is 0 Å². The first kappa shape index (κ1) is 13.9. The van der Waals surface area contributed by atoms with Crippen molar-refractivity contribution in [2.75, 3.05) is 12.3 Å². The van der Waals surface area contributed by atoms with Crippen LogP contribution in [0.1, 0.15) is 23.6 Å². The van der Waals surface area contributed by atoms with Crippen LogP contribution in [-0.4, -0.2) is 12.6 Å². The molecule has 0 aromatic heterocycles. The number of nitrogens with one attached hydrogen (secondary N) is 2. The molecule has 1 fully saturated rings. The van der Waals surface area contributed by atoms with Crippen LogP contribution in [-0.2, 0) is 0 Å². The second-order valence-corrected chi connectivity index (χ2v) is 5.57. The number of hydrogen-bond acceptors (Lipinski definition) is 4. The van der Waals surface area contributed by atoms with E-state index < -0.39 is 0 Å². The van der Waals surface area contributed by atoms with Crippen LogP contribution in [0.3, 0.4) is 0 Å². The van der Waals surface area contributed by atoms with E-state index in [1.165, 1.54) is 11.1 Å². The van der Waals surface area contributed by atoms with E-state index in [4.69, 9.17) is 10.5 Å². The van der Waals surface area contributed by atoms with Crippen molar-refractivity contribution in [3.63, 3.8) is 0 Å². The van der Waals surface area contributed by atoms with Crippen molar-refractivity contribution in [1.82, 2.24) is 10.9 Å². The molecule has 1 saturated heterocycles. The molecule has 4 heteroatoms. The minimum atomic E-state index is 0.299. The Hall–Kier alpha value is -2.04. The molecule has 0 amide bonds. The molecule has 0 spiro atoms. The van der Waals surface area contributed by atoms with Gasteiger partial charge in [0.1, 0.15) is 12.4 Å². The molecular formula is C17H21N3O. The number of hydrazine groups is 1. The summed E-state index contributed by atoms with van der Waals surface area (Å²) >= 11 is 0. The summed E-state index contributed by atoms with van der Waals surface area (Å²) < 4.78 is 5.85. The van der Waals surface area contributed by atoms with Crippen molar-refractivity contribution in [3.05, 3.63) is 59.7 Å². The molecule has 1 aliphatic heterocycles. The van der Waals surface area contributed by atoms with Crippen LogP contribution in [0.2, 0.25) is 0 Å². The molecule has 2 atom stereocenters.